The molecule has 0 saturated carbocycles. The maximum Gasteiger partial charge on any atom is 0.334 e. The molecule has 0 aliphatic heterocycles. The average molecular weight is 160 g/mol. The highest BCUT2D eigenvalue weighted by atomic mass is 28.4. The van der Waals surface area contributed by atoms with Crippen molar-refractivity contribution < 1.29 is 8.85 Å². The Morgan fingerprint density at radius 1 is 1.30 bits per heavy atom. The predicted octanol–water partition coefficient (Wildman–Crippen LogP) is 0.793. The summed E-state index contributed by atoms with van der Waals surface area (Å²) in [6.07, 6.45) is 2.43. The van der Waals surface area contributed by atoms with Crippen LogP contribution in [-0.2, 0) is 8.85 Å². The number of hydrogen-bond acceptors (Lipinski definition) is 2. The Labute approximate surface area is 65.6 Å². The topological polar surface area (TPSA) is 18.5 Å². The van der Waals surface area contributed by atoms with Gasteiger partial charge in [-0.2, -0.15) is 0 Å². The summed E-state index contributed by atoms with van der Waals surface area (Å²) >= 11 is 0. The Kier molecular flexibility index (Phi) is 5.03. The highest BCUT2D eigenvalue weighted by Gasteiger charge is 2.26. The monoisotopic (exact) mass is 160 g/mol. The first-order valence-corrected chi connectivity index (χ1v) is 6.31. The van der Waals surface area contributed by atoms with Crippen molar-refractivity contribution >= 4 is 16.4 Å². The molecule has 0 aliphatic carbocycles. The van der Waals surface area contributed by atoms with E-state index in [0.717, 1.165) is 6.04 Å². The molecule has 0 spiro atoms. The van der Waals surface area contributed by atoms with Gasteiger partial charge in [-0.25, -0.2) is 0 Å². The molecule has 0 aliphatic rings. The molecular weight excluding hydrogens is 143 g/mol. The third-order valence-corrected chi connectivity index (χ3v) is 4.84. The Morgan fingerprint density at radius 3 is 2.10 bits per heavy atom. The van der Waals surface area contributed by atoms with E-state index in [-0.39, 0.29) is 0 Å². The van der Waals surface area contributed by atoms with E-state index < -0.39 is 8.56 Å². The van der Waals surface area contributed by atoms with Crippen molar-refractivity contribution in [2.75, 3.05) is 14.2 Å². The van der Waals surface area contributed by atoms with Gasteiger partial charge in [0, 0.05) is 14.2 Å². The molecule has 0 saturated heterocycles. The zero-order valence-corrected chi connectivity index (χ0v) is 8.44. The standard InChI is InChI=1S/C6H17BO2Si/c1-8-10(3,9-2)6-4-5-7/h4-7H2,1-3H3. The van der Waals surface area contributed by atoms with E-state index in [1.807, 2.05) is 0 Å². The largest absolute Gasteiger partial charge is 0.398 e. The van der Waals surface area contributed by atoms with Gasteiger partial charge in [0.25, 0.3) is 0 Å². The SMILES string of the molecule is BCCC[Si](C)(OC)OC. The van der Waals surface area contributed by atoms with Crippen molar-refractivity contribution in [2.45, 2.75) is 25.3 Å². The second-order valence-electron chi connectivity index (χ2n) is 2.65. The second kappa shape index (κ2) is 4.93. The molecule has 0 heterocycles. The van der Waals surface area contributed by atoms with Crippen LogP contribution in [0.1, 0.15) is 6.42 Å². The summed E-state index contributed by atoms with van der Waals surface area (Å²) in [5, 5.41) is 0. The predicted molar refractivity (Wildman–Crippen MR) is 48.4 cm³/mol. The summed E-state index contributed by atoms with van der Waals surface area (Å²) in [6.45, 7) is 2.10. The molecule has 0 rings (SSSR count). The molecule has 0 radical (unpaired) electrons. The Balaban J connectivity index is 3.58. The van der Waals surface area contributed by atoms with Gasteiger partial charge >= 0.3 is 8.56 Å². The number of hydrogen-bond donors (Lipinski definition) is 0. The van der Waals surface area contributed by atoms with Crippen LogP contribution >= 0.6 is 0 Å². The van der Waals surface area contributed by atoms with E-state index in [4.69, 9.17) is 8.85 Å². The van der Waals surface area contributed by atoms with Crippen LogP contribution < -0.4 is 0 Å². The minimum absolute atomic E-state index is 1.11. The molecule has 0 fully saturated rings. The summed E-state index contributed by atoms with van der Waals surface area (Å²) < 4.78 is 10.6. The fraction of sp³-hybridized carbons (Fsp3) is 1.00. The zero-order valence-electron chi connectivity index (χ0n) is 7.44. The maximum atomic E-state index is 5.31. The lowest BCUT2D eigenvalue weighted by Crippen LogP contribution is -2.35. The molecule has 60 valence electrons. The van der Waals surface area contributed by atoms with Gasteiger partial charge in [-0.15, -0.1) is 0 Å². The van der Waals surface area contributed by atoms with Crippen LogP contribution in [0.3, 0.4) is 0 Å². The van der Waals surface area contributed by atoms with E-state index in [1.54, 1.807) is 14.2 Å². The first-order chi connectivity index (χ1) is 4.68. The highest BCUT2D eigenvalue weighted by Crippen LogP contribution is 2.14. The lowest BCUT2D eigenvalue weighted by molar-refractivity contribution is 0.249. The van der Waals surface area contributed by atoms with Gasteiger partial charge in [0.15, 0.2) is 0 Å². The van der Waals surface area contributed by atoms with Gasteiger partial charge in [-0.1, -0.05) is 12.7 Å². The molecule has 0 unspecified atom stereocenters. The lowest BCUT2D eigenvalue weighted by atomic mass is 10.0. The Bertz CT molecular complexity index is 85.8. The van der Waals surface area contributed by atoms with Crippen molar-refractivity contribution in [2.24, 2.45) is 0 Å². The van der Waals surface area contributed by atoms with E-state index in [2.05, 4.69) is 14.4 Å². The third kappa shape index (κ3) is 3.39. The third-order valence-electron chi connectivity index (χ3n) is 1.85. The normalized spacial score (nSPS) is 11.9. The van der Waals surface area contributed by atoms with Crippen molar-refractivity contribution in [1.82, 2.24) is 0 Å². The second-order valence-corrected chi connectivity index (χ2v) is 6.23. The molecular formula is C6H17BO2Si. The molecule has 4 heteroatoms. The zero-order chi connectivity index (χ0) is 8.04. The molecule has 0 N–H and O–H groups in total. The summed E-state index contributed by atoms with van der Waals surface area (Å²) in [4.78, 5) is 0. The number of rotatable bonds is 5. The molecule has 0 atom stereocenters. The fourth-order valence-electron chi connectivity index (χ4n) is 0.785. The van der Waals surface area contributed by atoms with Crippen LogP contribution in [-0.4, -0.2) is 30.6 Å². The quantitative estimate of drug-likeness (QED) is 0.553. The van der Waals surface area contributed by atoms with E-state index in [1.165, 1.54) is 12.7 Å². The Hall–Kier alpha value is 0.202. The summed E-state index contributed by atoms with van der Waals surface area (Å²) in [5.41, 5.74) is 0. The van der Waals surface area contributed by atoms with Crippen LogP contribution in [0.4, 0.5) is 0 Å². The lowest BCUT2D eigenvalue weighted by Gasteiger charge is -2.21. The van der Waals surface area contributed by atoms with E-state index in [0.29, 0.717) is 0 Å². The molecule has 0 aromatic heterocycles. The van der Waals surface area contributed by atoms with Crippen LogP contribution in [0, 0.1) is 0 Å². The van der Waals surface area contributed by atoms with Crippen molar-refractivity contribution in [3.8, 4) is 0 Å². The van der Waals surface area contributed by atoms with Gasteiger partial charge in [0.2, 0.25) is 0 Å². The first kappa shape index (κ1) is 10.2. The first-order valence-electron chi connectivity index (χ1n) is 3.79. The minimum Gasteiger partial charge on any atom is -0.398 e. The molecule has 0 aromatic rings. The van der Waals surface area contributed by atoms with Crippen molar-refractivity contribution in [3.05, 3.63) is 0 Å². The van der Waals surface area contributed by atoms with E-state index >= 15 is 0 Å². The van der Waals surface area contributed by atoms with Gasteiger partial charge < -0.3 is 8.85 Å². The van der Waals surface area contributed by atoms with Gasteiger partial charge in [0.1, 0.15) is 7.85 Å². The van der Waals surface area contributed by atoms with Crippen LogP contribution in [0.15, 0.2) is 0 Å². The summed E-state index contributed by atoms with van der Waals surface area (Å²) in [5.74, 6) is 0. The minimum atomic E-state index is -1.72. The Morgan fingerprint density at radius 2 is 1.80 bits per heavy atom. The molecule has 2 nitrogen and oxygen atoms in total. The summed E-state index contributed by atoms with van der Waals surface area (Å²) in [7, 11) is 3.95. The van der Waals surface area contributed by atoms with E-state index in [9.17, 15) is 0 Å². The molecule has 10 heavy (non-hydrogen) atoms. The summed E-state index contributed by atoms with van der Waals surface area (Å²) in [6, 6.07) is 1.11. The van der Waals surface area contributed by atoms with Crippen molar-refractivity contribution in [1.29, 1.82) is 0 Å². The highest BCUT2D eigenvalue weighted by molar-refractivity contribution is 6.65. The van der Waals surface area contributed by atoms with Gasteiger partial charge in [0.05, 0.1) is 0 Å². The molecule has 0 aromatic carbocycles. The van der Waals surface area contributed by atoms with Crippen LogP contribution in [0.5, 0.6) is 0 Å². The van der Waals surface area contributed by atoms with Crippen molar-refractivity contribution in [3.63, 3.8) is 0 Å². The van der Waals surface area contributed by atoms with Crippen LogP contribution in [0.25, 0.3) is 0 Å². The molecule has 0 amide bonds. The smallest absolute Gasteiger partial charge is 0.334 e. The average Bonchev–Trinajstić information content (AvgIpc) is 2.00. The molecule has 0 bridgehead atoms. The maximum absolute atomic E-state index is 5.31. The van der Waals surface area contributed by atoms with Gasteiger partial charge in [-0.3, -0.25) is 0 Å². The van der Waals surface area contributed by atoms with Crippen LogP contribution in [0.2, 0.25) is 18.9 Å². The fourth-order valence-corrected chi connectivity index (χ4v) is 2.36. The van der Waals surface area contributed by atoms with Gasteiger partial charge in [-0.05, 0) is 12.6 Å².